The van der Waals surface area contributed by atoms with E-state index in [4.69, 9.17) is 4.74 Å². The van der Waals surface area contributed by atoms with Gasteiger partial charge in [0.2, 0.25) is 5.54 Å². The third-order valence-corrected chi connectivity index (χ3v) is 2.10. The van der Waals surface area contributed by atoms with E-state index >= 15 is 0 Å². The predicted molar refractivity (Wildman–Crippen MR) is 60.1 cm³/mol. The number of rotatable bonds is 7. The highest BCUT2D eigenvalue weighted by molar-refractivity contribution is 5.56. The first-order valence-electron chi connectivity index (χ1n) is 5.07. The van der Waals surface area contributed by atoms with Gasteiger partial charge in [0.1, 0.15) is 6.61 Å². The number of ether oxygens (including phenoxy) is 1. The molecule has 15 heavy (non-hydrogen) atoms. The zero-order valence-corrected chi connectivity index (χ0v) is 9.90. The van der Waals surface area contributed by atoms with Crippen molar-refractivity contribution in [3.05, 3.63) is 10.1 Å². The van der Waals surface area contributed by atoms with Crippen molar-refractivity contribution >= 4 is 6.21 Å². The molecule has 1 unspecified atom stereocenters. The lowest BCUT2D eigenvalue weighted by molar-refractivity contribution is -0.565. The molecule has 0 saturated carbocycles. The van der Waals surface area contributed by atoms with Crippen molar-refractivity contribution in [2.24, 2.45) is 4.99 Å². The molecule has 0 aromatic heterocycles. The maximum atomic E-state index is 10.6. The van der Waals surface area contributed by atoms with Crippen molar-refractivity contribution < 1.29 is 9.66 Å². The summed E-state index contributed by atoms with van der Waals surface area (Å²) >= 11 is 0. The molecule has 0 N–H and O–H groups in total. The van der Waals surface area contributed by atoms with E-state index in [1.54, 1.807) is 20.9 Å². The van der Waals surface area contributed by atoms with Gasteiger partial charge >= 0.3 is 0 Å². The van der Waals surface area contributed by atoms with E-state index in [-0.39, 0.29) is 17.6 Å². The summed E-state index contributed by atoms with van der Waals surface area (Å²) in [6.45, 7) is 5.18. The van der Waals surface area contributed by atoms with Gasteiger partial charge in [0, 0.05) is 25.8 Å². The van der Waals surface area contributed by atoms with Crippen LogP contribution in [0.1, 0.15) is 33.6 Å². The molecule has 0 aromatic carbocycles. The van der Waals surface area contributed by atoms with Crippen LogP contribution in [-0.4, -0.2) is 36.4 Å². The molecular weight excluding hydrogens is 196 g/mol. The molecule has 0 aliphatic carbocycles. The zero-order chi connectivity index (χ0) is 11.9. The fourth-order valence-electron chi connectivity index (χ4n) is 0.921. The fraction of sp³-hybridized carbons (Fsp3) is 0.900. The summed E-state index contributed by atoms with van der Waals surface area (Å²) < 4.78 is 5.41. The second kappa shape index (κ2) is 6.50. The lowest BCUT2D eigenvalue weighted by atomic mass is 10.1. The highest BCUT2D eigenvalue weighted by Gasteiger charge is 2.31. The van der Waals surface area contributed by atoms with Gasteiger partial charge in [-0.25, -0.2) is 0 Å². The van der Waals surface area contributed by atoms with Crippen LogP contribution in [0.5, 0.6) is 0 Å². The van der Waals surface area contributed by atoms with Crippen molar-refractivity contribution in [2.45, 2.75) is 45.3 Å². The standard InChI is InChI=1S/C10H20N2O3/c1-9(6-5-7-11-4)15-8-10(2,3)12(13)14/h7,9H,5-6,8H2,1-4H3. The molecule has 0 amide bonds. The van der Waals surface area contributed by atoms with Gasteiger partial charge < -0.3 is 9.73 Å². The lowest BCUT2D eigenvalue weighted by Crippen LogP contribution is -2.37. The number of nitro groups is 1. The molecule has 5 nitrogen and oxygen atoms in total. The van der Waals surface area contributed by atoms with Gasteiger partial charge in [-0.2, -0.15) is 0 Å². The summed E-state index contributed by atoms with van der Waals surface area (Å²) in [5.41, 5.74) is -1.01. The average Bonchev–Trinajstić information content (AvgIpc) is 2.15. The molecule has 1 atom stereocenters. The Hall–Kier alpha value is -0.970. The zero-order valence-electron chi connectivity index (χ0n) is 9.90. The van der Waals surface area contributed by atoms with Crippen LogP contribution in [-0.2, 0) is 4.74 Å². The lowest BCUT2D eigenvalue weighted by Gasteiger charge is -2.18. The molecule has 0 heterocycles. The van der Waals surface area contributed by atoms with Crippen LogP contribution in [0.2, 0.25) is 0 Å². The van der Waals surface area contributed by atoms with Crippen molar-refractivity contribution in [3.8, 4) is 0 Å². The van der Waals surface area contributed by atoms with Gasteiger partial charge in [0.25, 0.3) is 0 Å². The van der Waals surface area contributed by atoms with Gasteiger partial charge in [-0.15, -0.1) is 0 Å². The number of nitrogens with zero attached hydrogens (tertiary/aromatic N) is 2. The average molecular weight is 216 g/mol. The highest BCUT2D eigenvalue weighted by atomic mass is 16.6. The van der Waals surface area contributed by atoms with Gasteiger partial charge in [-0.1, -0.05) is 0 Å². The molecule has 0 aliphatic rings. The highest BCUT2D eigenvalue weighted by Crippen LogP contribution is 2.10. The fourth-order valence-corrected chi connectivity index (χ4v) is 0.921. The summed E-state index contributed by atoms with van der Waals surface area (Å²) in [6, 6.07) is 0. The van der Waals surface area contributed by atoms with Gasteiger partial charge in [-0.3, -0.25) is 10.1 Å². The number of hydrogen-bond acceptors (Lipinski definition) is 4. The minimum atomic E-state index is -1.01. The number of hydrogen-bond donors (Lipinski definition) is 0. The Morgan fingerprint density at radius 1 is 1.60 bits per heavy atom. The molecule has 0 radical (unpaired) electrons. The maximum Gasteiger partial charge on any atom is 0.239 e. The van der Waals surface area contributed by atoms with Crippen LogP contribution in [0.3, 0.4) is 0 Å². The SMILES string of the molecule is CN=CCCC(C)OCC(C)(C)[N+](=O)[O-]. The third-order valence-electron chi connectivity index (χ3n) is 2.10. The molecule has 0 aromatic rings. The van der Waals surface area contributed by atoms with Crippen molar-refractivity contribution in [1.29, 1.82) is 0 Å². The molecule has 0 spiro atoms. The molecular formula is C10H20N2O3. The molecule has 0 rings (SSSR count). The van der Waals surface area contributed by atoms with Crippen LogP contribution in [0.4, 0.5) is 0 Å². The van der Waals surface area contributed by atoms with Gasteiger partial charge in [-0.05, 0) is 26.0 Å². The second-order valence-electron chi connectivity index (χ2n) is 4.21. The van der Waals surface area contributed by atoms with Crippen LogP contribution < -0.4 is 0 Å². The maximum absolute atomic E-state index is 10.6. The molecule has 0 bridgehead atoms. The summed E-state index contributed by atoms with van der Waals surface area (Å²) in [4.78, 5) is 14.1. The second-order valence-corrected chi connectivity index (χ2v) is 4.21. The Bertz CT molecular complexity index is 227. The van der Waals surface area contributed by atoms with Gasteiger partial charge in [0.05, 0.1) is 6.10 Å². The molecule has 0 aliphatic heterocycles. The van der Waals surface area contributed by atoms with E-state index in [9.17, 15) is 10.1 Å². The van der Waals surface area contributed by atoms with Crippen LogP contribution >= 0.6 is 0 Å². The van der Waals surface area contributed by atoms with E-state index in [0.29, 0.717) is 0 Å². The minimum Gasteiger partial charge on any atom is -0.371 e. The van der Waals surface area contributed by atoms with Crippen LogP contribution in [0.15, 0.2) is 4.99 Å². The van der Waals surface area contributed by atoms with Crippen molar-refractivity contribution in [2.75, 3.05) is 13.7 Å². The Kier molecular flexibility index (Phi) is 6.08. The first-order valence-corrected chi connectivity index (χ1v) is 5.07. The summed E-state index contributed by atoms with van der Waals surface area (Å²) in [6.07, 6.45) is 3.53. The van der Waals surface area contributed by atoms with E-state index in [2.05, 4.69) is 4.99 Å². The summed E-state index contributed by atoms with van der Waals surface area (Å²) in [5, 5.41) is 10.6. The molecule has 88 valence electrons. The third kappa shape index (κ3) is 6.17. The Labute approximate surface area is 90.7 Å². The molecule has 0 saturated heterocycles. The topological polar surface area (TPSA) is 64.7 Å². The first kappa shape index (κ1) is 14.0. The van der Waals surface area contributed by atoms with Crippen molar-refractivity contribution in [1.82, 2.24) is 0 Å². The largest absolute Gasteiger partial charge is 0.371 e. The predicted octanol–water partition coefficient (Wildman–Crippen LogP) is 1.93. The van der Waals surface area contributed by atoms with E-state index in [0.717, 1.165) is 12.8 Å². The molecule has 0 fully saturated rings. The number of aliphatic imine (C=N–C) groups is 1. The normalized spacial score (nSPS) is 14.4. The van der Waals surface area contributed by atoms with E-state index in [1.807, 2.05) is 13.1 Å². The Balaban J connectivity index is 3.79. The summed E-state index contributed by atoms with van der Waals surface area (Å²) in [7, 11) is 1.72. The van der Waals surface area contributed by atoms with Gasteiger partial charge in [0.15, 0.2) is 0 Å². The summed E-state index contributed by atoms with van der Waals surface area (Å²) in [5.74, 6) is 0. The minimum absolute atomic E-state index is 0.0298. The van der Waals surface area contributed by atoms with E-state index in [1.165, 1.54) is 0 Å². The molecule has 5 heteroatoms. The van der Waals surface area contributed by atoms with Crippen LogP contribution in [0.25, 0.3) is 0 Å². The monoisotopic (exact) mass is 216 g/mol. The Morgan fingerprint density at radius 2 is 2.20 bits per heavy atom. The quantitative estimate of drug-likeness (QED) is 0.371. The Morgan fingerprint density at radius 3 is 2.67 bits per heavy atom. The van der Waals surface area contributed by atoms with Crippen molar-refractivity contribution in [3.63, 3.8) is 0 Å². The first-order chi connectivity index (χ1) is 6.90. The smallest absolute Gasteiger partial charge is 0.239 e. The van der Waals surface area contributed by atoms with Crippen LogP contribution in [0, 0.1) is 10.1 Å². The van der Waals surface area contributed by atoms with E-state index < -0.39 is 5.54 Å².